The maximum atomic E-state index is 6.86. The largest absolute Gasteiger partial charge is 1.00 e. The van der Waals surface area contributed by atoms with E-state index >= 15 is 0 Å². The van der Waals surface area contributed by atoms with Crippen molar-refractivity contribution >= 4 is 34.8 Å². The average molecular weight is 560 g/mol. The molecule has 0 N–H and O–H groups in total. The molecule has 0 heterocycles. The maximum Gasteiger partial charge on any atom is 0.188 e. The van der Waals surface area contributed by atoms with Crippen LogP contribution in [0.25, 0.3) is 0 Å². The fourth-order valence-corrected chi connectivity index (χ4v) is 9.07. The lowest BCUT2D eigenvalue weighted by Crippen LogP contribution is -3.00. The van der Waals surface area contributed by atoms with E-state index in [0.717, 1.165) is 23.0 Å². The Hall–Kier alpha value is -2.90. The van der Waals surface area contributed by atoms with E-state index in [1.165, 1.54) is 16.2 Å². The van der Waals surface area contributed by atoms with Gasteiger partial charge in [0.2, 0.25) is 0 Å². The standard InChI is InChI=1S/C31H25ClOP.BrH/c32-29-22-13-23-30(31(29)33-26-16-7-2-8-17-26)34(27-18-9-3-10-19-27,28-20-11-4-12-21-28)24-25-14-5-1-6-15-25;/h1-23H,24H2;1H/q+1;/p-1. The zero-order valence-electron chi connectivity index (χ0n) is 19.1. The lowest BCUT2D eigenvalue weighted by atomic mass is 10.2. The molecule has 0 saturated heterocycles. The number of ether oxygens (including phenoxy) is 1. The quantitative estimate of drug-likeness (QED) is 0.264. The van der Waals surface area contributed by atoms with Crippen LogP contribution in [-0.4, -0.2) is 0 Å². The minimum absolute atomic E-state index is 0. The Bertz CT molecular complexity index is 1310. The smallest absolute Gasteiger partial charge is 0.188 e. The first-order valence-corrected chi connectivity index (χ1v) is 13.7. The number of rotatable bonds is 7. The van der Waals surface area contributed by atoms with Crippen LogP contribution in [0.4, 0.5) is 0 Å². The molecular formula is C31H25BrClOP. The van der Waals surface area contributed by atoms with Gasteiger partial charge in [0.05, 0.1) is 11.2 Å². The molecule has 0 fully saturated rings. The molecule has 0 aliphatic rings. The number of hydrogen-bond donors (Lipinski definition) is 0. The minimum atomic E-state index is -2.19. The predicted octanol–water partition coefficient (Wildman–Crippen LogP) is 4.63. The van der Waals surface area contributed by atoms with Gasteiger partial charge in [-0.05, 0) is 54.1 Å². The molecule has 0 spiro atoms. The lowest BCUT2D eigenvalue weighted by molar-refractivity contribution is -0.00000695. The molecule has 5 aromatic carbocycles. The summed E-state index contributed by atoms with van der Waals surface area (Å²) in [6.45, 7) is 0. The maximum absolute atomic E-state index is 6.86. The fourth-order valence-electron chi connectivity index (χ4n) is 4.42. The van der Waals surface area contributed by atoms with Gasteiger partial charge in [0.25, 0.3) is 0 Å². The Labute approximate surface area is 223 Å². The van der Waals surface area contributed by atoms with Gasteiger partial charge >= 0.3 is 0 Å². The first-order valence-electron chi connectivity index (χ1n) is 11.3. The Morgan fingerprint density at radius 2 is 1.03 bits per heavy atom. The van der Waals surface area contributed by atoms with Crippen molar-refractivity contribution in [2.75, 3.05) is 0 Å². The van der Waals surface area contributed by atoms with Gasteiger partial charge in [-0.2, -0.15) is 0 Å². The van der Waals surface area contributed by atoms with Gasteiger partial charge in [0.15, 0.2) is 5.75 Å². The molecule has 0 aromatic heterocycles. The first-order chi connectivity index (χ1) is 16.8. The van der Waals surface area contributed by atoms with Crippen molar-refractivity contribution in [1.29, 1.82) is 0 Å². The van der Waals surface area contributed by atoms with E-state index in [0.29, 0.717) is 5.02 Å². The number of benzene rings is 5. The van der Waals surface area contributed by atoms with Crippen LogP contribution in [-0.2, 0) is 6.16 Å². The van der Waals surface area contributed by atoms with E-state index in [4.69, 9.17) is 16.3 Å². The second-order valence-electron chi connectivity index (χ2n) is 8.13. The third-order valence-corrected chi connectivity index (χ3v) is 10.6. The summed E-state index contributed by atoms with van der Waals surface area (Å²) in [6.07, 6.45) is 0.868. The molecule has 4 heteroatoms. The van der Waals surface area contributed by atoms with Crippen LogP contribution >= 0.6 is 18.9 Å². The highest BCUT2D eigenvalue weighted by Gasteiger charge is 2.48. The summed E-state index contributed by atoms with van der Waals surface area (Å²) >= 11 is 6.86. The van der Waals surface area contributed by atoms with Crippen molar-refractivity contribution in [3.63, 3.8) is 0 Å². The Morgan fingerprint density at radius 3 is 1.57 bits per heavy atom. The van der Waals surface area contributed by atoms with E-state index in [1.807, 2.05) is 42.5 Å². The van der Waals surface area contributed by atoms with Crippen LogP contribution in [0.1, 0.15) is 5.56 Å². The topological polar surface area (TPSA) is 9.23 Å². The van der Waals surface area contributed by atoms with Crippen molar-refractivity contribution in [3.8, 4) is 11.5 Å². The Kier molecular flexibility index (Phi) is 8.42. The van der Waals surface area contributed by atoms with Gasteiger partial charge in [0.1, 0.15) is 28.9 Å². The van der Waals surface area contributed by atoms with Crippen LogP contribution < -0.4 is 37.6 Å². The molecule has 0 bridgehead atoms. The van der Waals surface area contributed by atoms with Crippen molar-refractivity contribution in [1.82, 2.24) is 0 Å². The van der Waals surface area contributed by atoms with Gasteiger partial charge in [-0.25, -0.2) is 0 Å². The van der Waals surface area contributed by atoms with Gasteiger partial charge in [-0.15, -0.1) is 0 Å². The molecule has 1 nitrogen and oxygen atoms in total. The summed E-state index contributed by atoms with van der Waals surface area (Å²) in [6, 6.07) is 48.4. The summed E-state index contributed by atoms with van der Waals surface area (Å²) in [4.78, 5) is 0. The van der Waals surface area contributed by atoms with Crippen LogP contribution in [0.15, 0.2) is 140 Å². The second-order valence-corrected chi connectivity index (χ2v) is 12.0. The Morgan fingerprint density at radius 1 is 0.543 bits per heavy atom. The summed E-state index contributed by atoms with van der Waals surface area (Å²) in [7, 11) is -2.19. The van der Waals surface area contributed by atoms with Crippen molar-refractivity contribution < 1.29 is 21.7 Å². The molecule has 174 valence electrons. The summed E-state index contributed by atoms with van der Waals surface area (Å²) in [5, 5.41) is 4.35. The molecule has 35 heavy (non-hydrogen) atoms. The predicted molar refractivity (Wildman–Crippen MR) is 147 cm³/mol. The number of para-hydroxylation sites is 2. The normalized spacial score (nSPS) is 10.9. The highest BCUT2D eigenvalue weighted by molar-refractivity contribution is 7.95. The van der Waals surface area contributed by atoms with Crippen LogP contribution in [0.2, 0.25) is 5.02 Å². The van der Waals surface area contributed by atoms with Crippen molar-refractivity contribution in [2.24, 2.45) is 0 Å². The van der Waals surface area contributed by atoms with Gasteiger partial charge < -0.3 is 21.7 Å². The summed E-state index contributed by atoms with van der Waals surface area (Å²) < 4.78 is 6.52. The average Bonchev–Trinajstić information content (AvgIpc) is 2.91. The molecule has 0 unspecified atom stereocenters. The molecule has 0 amide bonds. The fraction of sp³-hybridized carbons (Fsp3) is 0.0323. The zero-order valence-corrected chi connectivity index (χ0v) is 22.3. The number of halogens is 2. The van der Waals surface area contributed by atoms with E-state index < -0.39 is 7.26 Å². The number of hydrogen-bond acceptors (Lipinski definition) is 1. The summed E-state index contributed by atoms with van der Waals surface area (Å²) in [5.74, 6) is 1.50. The molecule has 0 aliphatic heterocycles. The first kappa shape index (κ1) is 25.2. The van der Waals surface area contributed by atoms with Crippen molar-refractivity contribution in [2.45, 2.75) is 6.16 Å². The SMILES string of the molecule is Clc1cccc([P+](Cc2ccccc2)(c2ccccc2)c2ccccc2)c1Oc1ccccc1.[Br-]. The molecule has 0 saturated carbocycles. The monoisotopic (exact) mass is 558 g/mol. The van der Waals surface area contributed by atoms with Crippen LogP contribution in [0.5, 0.6) is 11.5 Å². The molecular weight excluding hydrogens is 535 g/mol. The third kappa shape index (κ3) is 5.36. The molecule has 5 rings (SSSR count). The zero-order chi connectivity index (χ0) is 23.2. The van der Waals surface area contributed by atoms with Crippen LogP contribution in [0.3, 0.4) is 0 Å². The summed E-state index contributed by atoms with van der Waals surface area (Å²) in [5.41, 5.74) is 1.29. The Balaban J connectivity index is 0.00000289. The highest BCUT2D eigenvalue weighted by Crippen LogP contribution is 2.60. The lowest BCUT2D eigenvalue weighted by Gasteiger charge is -2.29. The van der Waals surface area contributed by atoms with Gasteiger partial charge in [-0.3, -0.25) is 0 Å². The third-order valence-electron chi connectivity index (χ3n) is 5.98. The van der Waals surface area contributed by atoms with Gasteiger partial charge in [-0.1, -0.05) is 103 Å². The molecule has 0 aliphatic carbocycles. The van der Waals surface area contributed by atoms with Crippen LogP contribution in [0, 0.1) is 0 Å². The molecule has 0 atom stereocenters. The van der Waals surface area contributed by atoms with Gasteiger partial charge in [0, 0.05) is 0 Å². The van der Waals surface area contributed by atoms with Crippen molar-refractivity contribution in [3.05, 3.63) is 150 Å². The minimum Gasteiger partial charge on any atom is -1.00 e. The highest BCUT2D eigenvalue weighted by atomic mass is 79.9. The molecule has 0 radical (unpaired) electrons. The van der Waals surface area contributed by atoms with E-state index in [1.54, 1.807) is 0 Å². The van der Waals surface area contributed by atoms with E-state index in [9.17, 15) is 0 Å². The second kappa shape index (κ2) is 11.7. The molecule has 5 aromatic rings. The van der Waals surface area contributed by atoms with E-state index in [2.05, 4.69) is 97.1 Å². The van der Waals surface area contributed by atoms with E-state index in [-0.39, 0.29) is 17.0 Å².